The molecule has 6 heteroatoms. The average molecular weight is 420 g/mol. The van der Waals surface area contributed by atoms with Gasteiger partial charge in [0.25, 0.3) is 0 Å². The zero-order valence-corrected chi connectivity index (χ0v) is 18.1. The maximum absolute atomic E-state index is 13.1. The van der Waals surface area contributed by atoms with Crippen LogP contribution in [0.15, 0.2) is 106 Å². The van der Waals surface area contributed by atoms with Gasteiger partial charge in [-0.3, -0.25) is 4.98 Å². The van der Waals surface area contributed by atoms with E-state index in [1.807, 2.05) is 67.6 Å². The number of aliphatic hydroxyl groups is 1. The topological polar surface area (TPSA) is 74.6 Å². The van der Waals surface area contributed by atoms with Gasteiger partial charge in [-0.25, -0.2) is 4.21 Å². The zero-order chi connectivity index (χ0) is 21.7. The molecule has 0 aliphatic rings. The summed E-state index contributed by atoms with van der Waals surface area (Å²) in [5.74, 6) is 0.235. The molecule has 154 valence electrons. The van der Waals surface area contributed by atoms with Crippen LogP contribution in [0.3, 0.4) is 0 Å². The van der Waals surface area contributed by atoms with Gasteiger partial charge < -0.3 is 10.4 Å². The van der Waals surface area contributed by atoms with E-state index < -0.39 is 9.73 Å². The second-order valence-corrected chi connectivity index (χ2v) is 9.35. The van der Waals surface area contributed by atoms with Crippen molar-refractivity contribution in [1.29, 1.82) is 0 Å². The van der Waals surface area contributed by atoms with E-state index in [9.17, 15) is 9.32 Å². The highest BCUT2D eigenvalue weighted by molar-refractivity contribution is 7.93. The van der Waals surface area contributed by atoms with Gasteiger partial charge in [-0.2, -0.15) is 4.36 Å². The van der Waals surface area contributed by atoms with Crippen LogP contribution in [0.4, 0.5) is 11.4 Å². The molecule has 2 aromatic carbocycles. The minimum Gasteiger partial charge on any atom is -0.513 e. The average Bonchev–Trinajstić information content (AvgIpc) is 2.68. The predicted octanol–water partition coefficient (Wildman–Crippen LogP) is 6.36. The Morgan fingerprint density at radius 2 is 1.87 bits per heavy atom. The van der Waals surface area contributed by atoms with E-state index in [0.717, 1.165) is 22.2 Å². The van der Waals surface area contributed by atoms with Crippen molar-refractivity contribution in [2.45, 2.75) is 18.7 Å². The van der Waals surface area contributed by atoms with Gasteiger partial charge in [0.05, 0.1) is 26.7 Å². The van der Waals surface area contributed by atoms with Crippen LogP contribution in [-0.4, -0.2) is 20.6 Å². The third-order valence-electron chi connectivity index (χ3n) is 4.32. The molecule has 0 saturated carbocycles. The summed E-state index contributed by atoms with van der Waals surface area (Å²) < 4.78 is 17.6. The van der Waals surface area contributed by atoms with E-state index in [1.165, 1.54) is 0 Å². The van der Waals surface area contributed by atoms with Crippen LogP contribution < -0.4 is 5.32 Å². The minimum atomic E-state index is -2.57. The Hall–Kier alpha value is -3.38. The number of nitrogens with one attached hydrogen (secondary N) is 1. The monoisotopic (exact) mass is 419 g/mol. The number of aliphatic hydroxyl groups excluding tert-OH is 1. The van der Waals surface area contributed by atoms with Gasteiger partial charge in [-0.1, -0.05) is 24.8 Å². The number of anilines is 1. The highest BCUT2D eigenvalue weighted by Crippen LogP contribution is 2.29. The summed E-state index contributed by atoms with van der Waals surface area (Å²) in [4.78, 5) is 5.10. The van der Waals surface area contributed by atoms with Crippen LogP contribution in [0.25, 0.3) is 10.9 Å². The first-order valence-electron chi connectivity index (χ1n) is 9.42. The Kier molecular flexibility index (Phi) is 6.37. The lowest BCUT2D eigenvalue weighted by atomic mass is 10.1. The SMILES string of the molecule is C=C(/C=C(C)\C=C(/C)O)Nc1ccnc2ccc(N=[S@](C)(=O)c3ccccc3)cc12. The van der Waals surface area contributed by atoms with Gasteiger partial charge in [0, 0.05) is 34.1 Å². The number of pyridine rings is 1. The lowest BCUT2D eigenvalue weighted by molar-refractivity contribution is 0.414. The van der Waals surface area contributed by atoms with Crippen LogP contribution in [0.5, 0.6) is 0 Å². The molecule has 3 aromatic rings. The molecule has 5 nitrogen and oxygen atoms in total. The van der Waals surface area contributed by atoms with Crippen LogP contribution in [0.2, 0.25) is 0 Å². The fourth-order valence-electron chi connectivity index (χ4n) is 3.08. The largest absolute Gasteiger partial charge is 0.513 e. The Bertz CT molecular complexity index is 1260. The van der Waals surface area contributed by atoms with Crippen molar-refractivity contribution in [2.24, 2.45) is 4.36 Å². The number of rotatable bonds is 6. The molecule has 1 aromatic heterocycles. The molecule has 0 amide bonds. The lowest BCUT2D eigenvalue weighted by Gasteiger charge is -2.11. The van der Waals surface area contributed by atoms with Gasteiger partial charge in [-0.15, -0.1) is 0 Å². The van der Waals surface area contributed by atoms with Crippen molar-refractivity contribution in [3.05, 3.63) is 96.6 Å². The molecule has 0 unspecified atom stereocenters. The molecule has 2 N–H and O–H groups in total. The van der Waals surface area contributed by atoms with E-state index in [1.54, 1.807) is 25.5 Å². The smallest absolute Gasteiger partial charge is 0.0894 e. The number of hydrogen-bond donors (Lipinski definition) is 2. The van der Waals surface area contributed by atoms with Crippen molar-refractivity contribution in [3.8, 4) is 0 Å². The number of benzene rings is 2. The highest BCUT2D eigenvalue weighted by Gasteiger charge is 2.08. The Morgan fingerprint density at radius 1 is 1.13 bits per heavy atom. The molecule has 0 aliphatic heterocycles. The highest BCUT2D eigenvalue weighted by atomic mass is 32.2. The van der Waals surface area contributed by atoms with E-state index in [0.29, 0.717) is 16.3 Å². The second-order valence-electron chi connectivity index (χ2n) is 7.09. The summed E-state index contributed by atoms with van der Waals surface area (Å²) >= 11 is 0. The molecule has 0 bridgehead atoms. The standard InChI is InChI=1S/C24H25N3O2S/c1-17(15-19(3)28)14-18(2)26-24-12-13-25-23-11-10-20(16-22(23)24)27-30(4,29)21-8-6-5-7-9-21/h5-16,28H,2H2,1,3-4H3,(H,25,26)/b17-14-,19-15+/t30-/m1/s1. The van der Waals surface area contributed by atoms with Gasteiger partial charge in [0.15, 0.2) is 0 Å². The molecule has 0 saturated heterocycles. The molecule has 0 aliphatic carbocycles. The summed E-state index contributed by atoms with van der Waals surface area (Å²) in [6.07, 6.45) is 6.86. The summed E-state index contributed by atoms with van der Waals surface area (Å²) in [6.45, 7) is 7.54. The number of hydrogen-bond acceptors (Lipinski definition) is 5. The zero-order valence-electron chi connectivity index (χ0n) is 17.3. The molecule has 30 heavy (non-hydrogen) atoms. The summed E-state index contributed by atoms with van der Waals surface area (Å²) in [5, 5.41) is 13.5. The fourth-order valence-corrected chi connectivity index (χ4v) is 4.37. The van der Waals surface area contributed by atoms with Gasteiger partial charge in [0.1, 0.15) is 0 Å². The number of allylic oxidation sites excluding steroid dienone is 4. The fraction of sp³-hybridized carbons (Fsp3) is 0.125. The molecule has 0 radical (unpaired) electrons. The van der Waals surface area contributed by atoms with E-state index in [2.05, 4.69) is 21.2 Å². The number of nitrogens with zero attached hydrogens (tertiary/aromatic N) is 2. The lowest BCUT2D eigenvalue weighted by Crippen LogP contribution is -1.98. The minimum absolute atomic E-state index is 0.235. The van der Waals surface area contributed by atoms with Crippen molar-refractivity contribution >= 4 is 32.0 Å². The molecule has 1 heterocycles. The van der Waals surface area contributed by atoms with Gasteiger partial charge in [-0.05, 0) is 68.0 Å². The summed E-state index contributed by atoms with van der Waals surface area (Å²) in [5.41, 5.74) is 3.77. The molecule has 0 spiro atoms. The normalized spacial score (nSPS) is 14.2. The molecule has 1 atom stereocenters. The summed E-state index contributed by atoms with van der Waals surface area (Å²) in [7, 11) is -2.57. The first-order valence-corrected chi connectivity index (χ1v) is 11.3. The molecule has 0 fully saturated rings. The first-order chi connectivity index (χ1) is 14.2. The maximum Gasteiger partial charge on any atom is 0.0894 e. The third kappa shape index (κ3) is 5.36. The third-order valence-corrected chi connectivity index (χ3v) is 6.03. The molecule has 3 rings (SSSR count). The van der Waals surface area contributed by atoms with Crippen LogP contribution in [0.1, 0.15) is 13.8 Å². The van der Waals surface area contributed by atoms with E-state index >= 15 is 0 Å². The van der Waals surface area contributed by atoms with Crippen LogP contribution in [-0.2, 0) is 9.73 Å². The quantitative estimate of drug-likeness (QED) is 0.360. The van der Waals surface area contributed by atoms with Crippen molar-refractivity contribution < 1.29 is 9.32 Å². The Labute approximate surface area is 177 Å². The first kappa shape index (κ1) is 21.3. The van der Waals surface area contributed by atoms with E-state index in [4.69, 9.17) is 0 Å². The van der Waals surface area contributed by atoms with Gasteiger partial charge >= 0.3 is 0 Å². The second kappa shape index (κ2) is 8.97. The number of fused-ring (bicyclic) bond motifs is 1. The maximum atomic E-state index is 13.1. The van der Waals surface area contributed by atoms with Crippen LogP contribution in [0, 0.1) is 0 Å². The van der Waals surface area contributed by atoms with Crippen molar-refractivity contribution in [1.82, 2.24) is 4.98 Å². The van der Waals surface area contributed by atoms with E-state index in [-0.39, 0.29) is 5.76 Å². The summed E-state index contributed by atoms with van der Waals surface area (Å²) in [6, 6.07) is 16.7. The van der Waals surface area contributed by atoms with Crippen LogP contribution >= 0.6 is 0 Å². The number of aromatic nitrogens is 1. The Balaban J connectivity index is 1.99. The Morgan fingerprint density at radius 3 is 2.57 bits per heavy atom. The predicted molar refractivity (Wildman–Crippen MR) is 126 cm³/mol. The van der Waals surface area contributed by atoms with Crippen molar-refractivity contribution in [2.75, 3.05) is 11.6 Å². The molecular formula is C24H25N3O2S. The molecular weight excluding hydrogens is 394 g/mol. The van der Waals surface area contributed by atoms with Crippen molar-refractivity contribution in [3.63, 3.8) is 0 Å². The van der Waals surface area contributed by atoms with Gasteiger partial charge in [0.2, 0.25) is 0 Å².